The first-order chi connectivity index (χ1) is 29.8. The second-order valence-corrected chi connectivity index (χ2v) is 15.4. The fourth-order valence-electron chi connectivity index (χ4n) is 10.4. The van der Waals surface area contributed by atoms with Crippen LogP contribution in [0.2, 0.25) is 0 Å². The van der Waals surface area contributed by atoms with Gasteiger partial charge in [-0.3, -0.25) is 0 Å². The lowest BCUT2D eigenvalue weighted by molar-refractivity contribution is 1.13. The van der Waals surface area contributed by atoms with E-state index in [9.17, 15) is 5.26 Å². The summed E-state index contributed by atoms with van der Waals surface area (Å²) in [4.78, 5) is 13.8. The SMILES string of the molecule is [C-]#[N+]c1c(-c2ccccc2)c(C#N)c(-n2c3cccc4c5cncnc5c5cccc2c5c43)c(-c2ccccc2)c1-n1c2cccc3c4ccccc4c4cccc1c4c32. The van der Waals surface area contributed by atoms with E-state index in [-0.39, 0.29) is 0 Å². The third-order valence-corrected chi connectivity index (χ3v) is 12.6. The van der Waals surface area contributed by atoms with Crippen LogP contribution in [0.5, 0.6) is 0 Å². The molecule has 3 aromatic heterocycles. The number of hydrogen-bond donors (Lipinski definition) is 0. The maximum absolute atomic E-state index is 11.7. The molecule has 10 aromatic carbocycles. The Morgan fingerprint density at radius 2 is 0.917 bits per heavy atom. The fourth-order valence-corrected chi connectivity index (χ4v) is 10.4. The molecular weight excluding hydrogens is 733 g/mol. The highest BCUT2D eigenvalue weighted by molar-refractivity contribution is 6.36. The lowest BCUT2D eigenvalue weighted by atomic mass is 9.88. The van der Waals surface area contributed by atoms with Crippen LogP contribution < -0.4 is 0 Å². The Balaban J connectivity index is 1.33. The van der Waals surface area contributed by atoms with Crippen LogP contribution in [-0.4, -0.2) is 19.1 Å². The van der Waals surface area contributed by atoms with Gasteiger partial charge in [-0.25, -0.2) is 14.8 Å². The van der Waals surface area contributed by atoms with Crippen molar-refractivity contribution in [3.05, 3.63) is 187 Å². The second kappa shape index (κ2) is 12.0. The molecule has 6 heteroatoms. The zero-order valence-electron chi connectivity index (χ0n) is 31.8. The highest BCUT2D eigenvalue weighted by atomic mass is 15.0. The first-order valence-electron chi connectivity index (χ1n) is 19.9. The second-order valence-electron chi connectivity index (χ2n) is 15.4. The number of hydrogen-bond acceptors (Lipinski definition) is 3. The van der Waals surface area contributed by atoms with E-state index in [1.54, 1.807) is 6.33 Å². The summed E-state index contributed by atoms with van der Waals surface area (Å²) in [6, 6.07) is 57.4. The lowest BCUT2D eigenvalue weighted by Gasteiger charge is -2.25. The molecule has 274 valence electrons. The summed E-state index contributed by atoms with van der Waals surface area (Å²) in [5, 5.41) is 23.9. The van der Waals surface area contributed by atoms with Crippen molar-refractivity contribution in [3.63, 3.8) is 0 Å². The average molecular weight is 761 g/mol. The van der Waals surface area contributed by atoms with Gasteiger partial charge in [0.15, 0.2) is 0 Å². The molecule has 0 saturated heterocycles. The van der Waals surface area contributed by atoms with Gasteiger partial charge in [0.2, 0.25) is 5.69 Å². The Labute approximate surface area is 342 Å². The molecule has 0 atom stereocenters. The van der Waals surface area contributed by atoms with Gasteiger partial charge in [-0.05, 0) is 62.3 Å². The Kier molecular flexibility index (Phi) is 6.48. The largest absolute Gasteiger partial charge is 0.318 e. The summed E-state index contributed by atoms with van der Waals surface area (Å²) in [6.45, 7) is 9.16. The zero-order chi connectivity index (χ0) is 39.6. The molecule has 13 aromatic rings. The molecule has 0 amide bonds. The van der Waals surface area contributed by atoms with Gasteiger partial charge < -0.3 is 9.13 Å². The van der Waals surface area contributed by atoms with Gasteiger partial charge >= 0.3 is 0 Å². The minimum atomic E-state index is 0.417. The van der Waals surface area contributed by atoms with E-state index in [2.05, 4.69) is 134 Å². The van der Waals surface area contributed by atoms with Crippen molar-refractivity contribution in [3.8, 4) is 39.7 Å². The Hall–Kier alpha value is -8.58. The molecular formula is C54H28N6. The summed E-state index contributed by atoms with van der Waals surface area (Å²) < 4.78 is 4.59. The van der Waals surface area contributed by atoms with Crippen molar-refractivity contribution < 1.29 is 0 Å². The summed E-state index contributed by atoms with van der Waals surface area (Å²) in [5.74, 6) is 0. The van der Waals surface area contributed by atoms with Crippen molar-refractivity contribution >= 4 is 92.5 Å². The fraction of sp³-hybridized carbons (Fsp3) is 0. The van der Waals surface area contributed by atoms with Crippen LogP contribution in [0.3, 0.4) is 0 Å². The van der Waals surface area contributed by atoms with E-state index in [0.717, 1.165) is 104 Å². The Morgan fingerprint density at radius 3 is 1.45 bits per heavy atom. The molecule has 0 saturated carbocycles. The van der Waals surface area contributed by atoms with Crippen molar-refractivity contribution in [1.82, 2.24) is 19.1 Å². The Bertz CT molecular complexity index is 3620. The van der Waals surface area contributed by atoms with Crippen LogP contribution in [0.15, 0.2) is 170 Å². The molecule has 0 aliphatic heterocycles. The van der Waals surface area contributed by atoms with Crippen LogP contribution in [0, 0.1) is 17.9 Å². The highest BCUT2D eigenvalue weighted by Crippen LogP contribution is 2.54. The molecule has 0 radical (unpaired) electrons. The monoisotopic (exact) mass is 760 g/mol. The first kappa shape index (κ1) is 32.5. The highest BCUT2D eigenvalue weighted by Gasteiger charge is 2.33. The molecule has 0 aliphatic carbocycles. The first-order valence-corrected chi connectivity index (χ1v) is 19.9. The van der Waals surface area contributed by atoms with Crippen LogP contribution in [0.1, 0.15) is 5.56 Å². The van der Waals surface area contributed by atoms with E-state index in [1.165, 1.54) is 10.8 Å². The van der Waals surface area contributed by atoms with Gasteiger partial charge in [0.1, 0.15) is 12.4 Å². The quantitative estimate of drug-likeness (QED) is 0.133. The number of rotatable bonds is 4. The van der Waals surface area contributed by atoms with Gasteiger partial charge in [0.05, 0.1) is 51.1 Å². The van der Waals surface area contributed by atoms with E-state index in [4.69, 9.17) is 11.6 Å². The third kappa shape index (κ3) is 4.04. The summed E-state index contributed by atoms with van der Waals surface area (Å²) >= 11 is 0. The van der Waals surface area contributed by atoms with Crippen molar-refractivity contribution in [2.75, 3.05) is 0 Å². The topological polar surface area (TPSA) is 63.8 Å². The average Bonchev–Trinajstić information content (AvgIpc) is 3.84. The van der Waals surface area contributed by atoms with E-state index < -0.39 is 0 Å². The van der Waals surface area contributed by atoms with E-state index >= 15 is 0 Å². The van der Waals surface area contributed by atoms with Gasteiger partial charge in [-0.1, -0.05) is 133 Å². The predicted molar refractivity (Wildman–Crippen MR) is 245 cm³/mol. The smallest absolute Gasteiger partial charge is 0.220 e. The van der Waals surface area contributed by atoms with Gasteiger partial charge in [-0.15, -0.1) is 0 Å². The number of nitriles is 1. The molecule has 60 heavy (non-hydrogen) atoms. The number of fused-ring (bicyclic) bond motifs is 6. The van der Waals surface area contributed by atoms with Crippen LogP contribution in [0.25, 0.3) is 125 Å². The molecule has 0 N–H and O–H groups in total. The van der Waals surface area contributed by atoms with Crippen LogP contribution in [0.4, 0.5) is 5.69 Å². The molecule has 0 fully saturated rings. The van der Waals surface area contributed by atoms with E-state index in [1.807, 2.05) is 54.7 Å². The standard InChI is InChI=1S/C54H28N6/c1-56-52-45(31-14-4-2-5-15-31)39(28-55)53(59-41-24-12-22-37-40-29-57-30-58-51(40)38-23-13-27-44(59)50(38)49(37)41)46(32-16-6-3-7-17-32)54(52)60-42-25-10-20-35-33-18-8-9-19-34(33)36-21-11-26-43(60)48(36)47(35)42/h2-27,29-30H. The maximum atomic E-state index is 11.7. The summed E-state index contributed by atoms with van der Waals surface area (Å²) in [6.07, 6.45) is 3.51. The molecule has 0 bridgehead atoms. The molecule has 0 unspecified atom stereocenters. The van der Waals surface area contributed by atoms with Gasteiger partial charge in [0.25, 0.3) is 0 Å². The van der Waals surface area contributed by atoms with Crippen LogP contribution in [-0.2, 0) is 0 Å². The molecule has 3 heterocycles. The molecule has 0 aliphatic rings. The number of nitrogens with zero attached hydrogens (tertiary/aromatic N) is 6. The minimum Gasteiger partial charge on any atom is -0.318 e. The van der Waals surface area contributed by atoms with E-state index in [0.29, 0.717) is 16.8 Å². The number of benzene rings is 10. The summed E-state index contributed by atoms with van der Waals surface area (Å²) in [7, 11) is 0. The van der Waals surface area contributed by atoms with Gasteiger partial charge in [-0.2, -0.15) is 5.26 Å². The summed E-state index contributed by atoms with van der Waals surface area (Å²) in [5.41, 5.74) is 10.2. The van der Waals surface area contributed by atoms with Crippen molar-refractivity contribution in [2.24, 2.45) is 0 Å². The maximum Gasteiger partial charge on any atom is 0.220 e. The van der Waals surface area contributed by atoms with Gasteiger partial charge in [0, 0.05) is 49.6 Å². The minimum absolute atomic E-state index is 0.417. The van der Waals surface area contributed by atoms with Crippen molar-refractivity contribution in [2.45, 2.75) is 0 Å². The predicted octanol–water partition coefficient (Wildman–Crippen LogP) is 13.9. The van der Waals surface area contributed by atoms with Crippen LogP contribution >= 0.6 is 0 Å². The molecule has 0 spiro atoms. The normalized spacial score (nSPS) is 12.0. The Morgan fingerprint density at radius 1 is 0.467 bits per heavy atom. The zero-order valence-corrected chi connectivity index (χ0v) is 31.8. The third-order valence-electron chi connectivity index (χ3n) is 12.6. The van der Waals surface area contributed by atoms with Crippen molar-refractivity contribution in [1.29, 1.82) is 5.26 Å². The lowest BCUT2D eigenvalue weighted by Crippen LogP contribution is -2.08. The number of aromatic nitrogens is 4. The molecule has 6 nitrogen and oxygen atoms in total. The molecule has 13 rings (SSSR count).